The number of amides is 5. The Morgan fingerprint density at radius 1 is 0.917 bits per heavy atom. The van der Waals surface area contributed by atoms with Crippen molar-refractivity contribution in [2.24, 2.45) is 11.3 Å². The first-order valence-electron chi connectivity index (χ1n) is 20.7. The summed E-state index contributed by atoms with van der Waals surface area (Å²) in [5.41, 5.74) is 1.19. The first-order valence-corrected chi connectivity index (χ1v) is 21.1. The molecule has 3 aromatic rings. The topological polar surface area (TPSA) is 181 Å². The molecular weight excluding hydrogens is 793 g/mol. The van der Waals surface area contributed by atoms with Crippen LogP contribution in [0.2, 0.25) is 5.02 Å². The minimum Gasteiger partial charge on any atom is -0.490 e. The molecule has 2 aromatic carbocycles. The third-order valence-corrected chi connectivity index (χ3v) is 13.4. The molecule has 17 heteroatoms. The molecule has 1 saturated carbocycles. The van der Waals surface area contributed by atoms with Crippen molar-refractivity contribution in [2.75, 3.05) is 55.6 Å². The zero-order chi connectivity index (χ0) is 41.7. The average Bonchev–Trinajstić information content (AvgIpc) is 3.76. The summed E-state index contributed by atoms with van der Waals surface area (Å²) in [6.07, 6.45) is 6.00. The normalized spacial score (nSPS) is 24.3. The van der Waals surface area contributed by atoms with Crippen molar-refractivity contribution in [1.82, 2.24) is 30.6 Å². The van der Waals surface area contributed by atoms with Gasteiger partial charge < -0.3 is 24.8 Å². The van der Waals surface area contributed by atoms with Gasteiger partial charge in [0, 0.05) is 63.2 Å². The van der Waals surface area contributed by atoms with Crippen molar-refractivity contribution in [1.29, 1.82) is 5.26 Å². The van der Waals surface area contributed by atoms with Crippen molar-refractivity contribution in [3.05, 3.63) is 75.7 Å². The fourth-order valence-corrected chi connectivity index (χ4v) is 10.1. The molecule has 2 N–H and O–H groups in total. The van der Waals surface area contributed by atoms with E-state index >= 15 is 4.39 Å². The second kappa shape index (κ2) is 16.1. The number of nitrogens with zero attached hydrogens (tertiary/aromatic N) is 7. The van der Waals surface area contributed by atoms with Crippen molar-refractivity contribution >= 4 is 52.6 Å². The Balaban J connectivity index is 0.707. The lowest BCUT2D eigenvalue weighted by molar-refractivity contribution is -0.136. The number of likely N-dealkylation sites (tertiary alicyclic amines) is 1. The molecule has 4 saturated heterocycles. The number of hydrogen-bond donors (Lipinski definition) is 2. The Hall–Kier alpha value is -5.66. The van der Waals surface area contributed by atoms with Crippen LogP contribution >= 0.6 is 11.6 Å². The van der Waals surface area contributed by atoms with Gasteiger partial charge in [0.1, 0.15) is 23.7 Å². The second-order valence-corrected chi connectivity index (χ2v) is 17.6. The van der Waals surface area contributed by atoms with E-state index in [2.05, 4.69) is 30.6 Å². The van der Waals surface area contributed by atoms with E-state index in [9.17, 15) is 24.0 Å². The van der Waals surface area contributed by atoms with Crippen LogP contribution in [0.5, 0.6) is 5.75 Å². The summed E-state index contributed by atoms with van der Waals surface area (Å²) in [4.78, 5) is 71.1. The Morgan fingerprint density at radius 2 is 1.67 bits per heavy atom. The van der Waals surface area contributed by atoms with Crippen molar-refractivity contribution < 1.29 is 33.1 Å². The van der Waals surface area contributed by atoms with Crippen LogP contribution < -0.4 is 25.2 Å². The first kappa shape index (κ1) is 39.8. The van der Waals surface area contributed by atoms with Crippen LogP contribution in [0.4, 0.5) is 15.9 Å². The number of benzene rings is 2. The lowest BCUT2D eigenvalue weighted by Gasteiger charge is -2.48. The lowest BCUT2D eigenvalue weighted by atomic mass is 9.79. The largest absolute Gasteiger partial charge is 0.490 e. The number of fused-ring (bicyclic) bond motifs is 1. The van der Waals surface area contributed by atoms with Crippen LogP contribution in [-0.2, 0) is 9.59 Å². The quantitative estimate of drug-likeness (QED) is 0.295. The molecule has 6 heterocycles. The van der Waals surface area contributed by atoms with E-state index in [4.69, 9.17) is 21.6 Å². The Morgan fingerprint density at radius 3 is 2.35 bits per heavy atom. The summed E-state index contributed by atoms with van der Waals surface area (Å²) < 4.78 is 21.5. The zero-order valence-electron chi connectivity index (χ0n) is 33.0. The predicted molar refractivity (Wildman–Crippen MR) is 216 cm³/mol. The molecule has 1 unspecified atom stereocenters. The third-order valence-electron chi connectivity index (χ3n) is 13.1. The van der Waals surface area contributed by atoms with Crippen molar-refractivity contribution in [3.63, 3.8) is 0 Å². The molecule has 5 fully saturated rings. The summed E-state index contributed by atoms with van der Waals surface area (Å²) in [5.74, 6) is -1.49. The van der Waals surface area contributed by atoms with Gasteiger partial charge in [-0.15, -0.1) is 10.2 Å². The van der Waals surface area contributed by atoms with Crippen LogP contribution in [0.3, 0.4) is 0 Å². The Labute approximate surface area is 351 Å². The van der Waals surface area contributed by atoms with Gasteiger partial charge in [-0.3, -0.25) is 34.2 Å². The van der Waals surface area contributed by atoms with Gasteiger partial charge in [0.05, 0.1) is 33.5 Å². The van der Waals surface area contributed by atoms with Crippen LogP contribution in [0.15, 0.2) is 42.5 Å². The number of ether oxygens (including phenoxy) is 1. The SMILES string of the molecule is N#Cc1ccc(OC2CCC(NC(=O)c3ccc(N4CC5(CCN(CC6CCN(c7cc8c(cc7F)C(=O)N(C7CCC(=O)NC7=O)C8=O)CC6)C5)C4)nn3)CC2)cc1Cl. The molecular formula is C43H45ClFN9O6. The minimum atomic E-state index is -1.10. The van der Waals surface area contributed by atoms with Crippen LogP contribution in [0.25, 0.3) is 0 Å². The number of imide groups is 2. The molecule has 1 atom stereocenters. The molecule has 15 nitrogen and oxygen atoms in total. The number of piperidine rings is 2. The molecule has 60 heavy (non-hydrogen) atoms. The van der Waals surface area contributed by atoms with Gasteiger partial charge in [-0.25, -0.2) is 4.39 Å². The van der Waals surface area contributed by atoms with Crippen LogP contribution in [0, 0.1) is 28.5 Å². The Kier molecular flexibility index (Phi) is 10.7. The highest BCUT2D eigenvalue weighted by atomic mass is 35.5. The monoisotopic (exact) mass is 837 g/mol. The van der Waals surface area contributed by atoms with Crippen molar-refractivity contribution in [3.8, 4) is 11.8 Å². The van der Waals surface area contributed by atoms with E-state index in [1.807, 2.05) is 17.0 Å². The van der Waals surface area contributed by atoms with E-state index in [-0.39, 0.29) is 58.8 Å². The average molecular weight is 838 g/mol. The number of carbonyl (C=O) groups excluding carboxylic acids is 5. The van der Waals surface area contributed by atoms with Gasteiger partial charge in [0.2, 0.25) is 11.8 Å². The van der Waals surface area contributed by atoms with Gasteiger partial charge in [0.25, 0.3) is 17.7 Å². The van der Waals surface area contributed by atoms with Crippen LogP contribution in [0.1, 0.15) is 94.6 Å². The maximum Gasteiger partial charge on any atom is 0.272 e. The fraction of sp³-hybridized carbons (Fsp3) is 0.488. The molecule has 312 valence electrons. The van der Waals surface area contributed by atoms with Gasteiger partial charge in [-0.2, -0.15) is 5.26 Å². The second-order valence-electron chi connectivity index (χ2n) is 17.2. The van der Waals surface area contributed by atoms with E-state index in [1.54, 1.807) is 24.3 Å². The van der Waals surface area contributed by atoms with E-state index < -0.39 is 35.5 Å². The van der Waals surface area contributed by atoms with Gasteiger partial charge in [-0.1, -0.05) is 11.6 Å². The summed E-state index contributed by atoms with van der Waals surface area (Å²) in [7, 11) is 0. The number of rotatable bonds is 9. The number of nitriles is 1. The number of anilines is 2. The Bertz CT molecular complexity index is 2280. The standard InChI is InChI=1S/C43H45ClFN9O6/c44-32-17-29(4-1-26(32)20-46)60-28-5-2-27(3-6-28)47-39(56)34-7-9-37(50-49-34)53-23-43(24-53)13-16-51(22-43)21-25-11-14-52(15-12-25)36-19-31-30(18-33(36)45)41(58)54(42(31)59)35-8-10-38(55)48-40(35)57/h1,4,7,9,17-19,25,27-28,35H,2-3,5-6,8,10-16,21-24H2,(H,47,56)(H,48,55,57). The first-order chi connectivity index (χ1) is 29.0. The molecule has 6 aliphatic rings. The summed E-state index contributed by atoms with van der Waals surface area (Å²) in [6, 6.07) is 12.2. The number of halogens is 2. The van der Waals surface area contributed by atoms with E-state index in [1.165, 1.54) is 6.07 Å². The highest BCUT2D eigenvalue weighted by Crippen LogP contribution is 2.42. The zero-order valence-corrected chi connectivity index (χ0v) is 33.8. The number of aromatic nitrogens is 2. The fourth-order valence-electron chi connectivity index (χ4n) is 9.86. The molecule has 0 bridgehead atoms. The minimum absolute atomic E-state index is 0.00997. The van der Waals surface area contributed by atoms with Crippen molar-refractivity contribution in [2.45, 2.75) is 76.0 Å². The lowest BCUT2D eigenvalue weighted by Crippen LogP contribution is -2.58. The molecule has 0 radical (unpaired) electrons. The summed E-state index contributed by atoms with van der Waals surface area (Å²) >= 11 is 6.15. The van der Waals surface area contributed by atoms with Gasteiger partial charge >= 0.3 is 0 Å². The number of carbonyl (C=O) groups is 5. The van der Waals surface area contributed by atoms with E-state index in [0.29, 0.717) is 35.3 Å². The molecule has 1 aliphatic carbocycles. The molecule has 1 aromatic heterocycles. The maximum absolute atomic E-state index is 15.5. The summed E-state index contributed by atoms with van der Waals surface area (Å²) in [6.45, 7) is 5.95. The van der Waals surface area contributed by atoms with Crippen LogP contribution in [-0.4, -0.2) is 114 Å². The van der Waals surface area contributed by atoms with Gasteiger partial charge in [0.15, 0.2) is 11.5 Å². The third kappa shape index (κ3) is 7.76. The summed E-state index contributed by atoms with van der Waals surface area (Å²) in [5, 5.41) is 23.4. The maximum atomic E-state index is 15.5. The smallest absolute Gasteiger partial charge is 0.272 e. The predicted octanol–water partition coefficient (Wildman–Crippen LogP) is 4.09. The van der Waals surface area contributed by atoms with Gasteiger partial charge in [-0.05, 0) is 100 Å². The molecule has 5 amide bonds. The molecule has 1 spiro atoms. The highest BCUT2D eigenvalue weighted by molar-refractivity contribution is 6.31. The number of nitrogens with one attached hydrogen (secondary N) is 2. The molecule has 9 rings (SSSR count). The molecule has 5 aliphatic heterocycles. The highest BCUT2D eigenvalue weighted by Gasteiger charge is 2.49. The number of hydrogen-bond acceptors (Lipinski definition) is 12. The van der Waals surface area contributed by atoms with E-state index in [0.717, 1.165) is 94.5 Å².